The number of aromatic amines is 1. The molecule has 0 saturated heterocycles. The summed E-state index contributed by atoms with van der Waals surface area (Å²) in [7, 11) is 0. The molecular weight excluding hydrogens is 418 g/mol. The Hall–Kier alpha value is -4.33. The van der Waals surface area contributed by atoms with Crippen molar-refractivity contribution in [2.45, 2.75) is 19.4 Å². The highest BCUT2D eigenvalue weighted by Crippen LogP contribution is 2.31. The Morgan fingerprint density at radius 1 is 1.09 bits per heavy atom. The molecule has 1 aliphatic rings. The number of carbonyl (C=O) groups is 2. The molecule has 166 valence electrons. The summed E-state index contributed by atoms with van der Waals surface area (Å²) in [5.74, 6) is 0.702. The summed E-state index contributed by atoms with van der Waals surface area (Å²) < 4.78 is 7.43. The molecule has 1 aliphatic heterocycles. The molecular formula is C25H23N5O3. The van der Waals surface area contributed by atoms with Gasteiger partial charge < -0.3 is 20.4 Å². The number of H-pyrrole nitrogens is 1. The lowest BCUT2D eigenvalue weighted by atomic mass is 10.1. The molecule has 5 rings (SSSR count). The lowest BCUT2D eigenvalue weighted by molar-refractivity contribution is -0.126. The van der Waals surface area contributed by atoms with E-state index in [1.807, 2.05) is 54.6 Å². The van der Waals surface area contributed by atoms with Gasteiger partial charge in [-0.25, -0.2) is 4.52 Å². The Bertz CT molecular complexity index is 1350. The van der Waals surface area contributed by atoms with Crippen molar-refractivity contribution in [3.8, 4) is 22.8 Å². The second kappa shape index (κ2) is 8.31. The maximum atomic E-state index is 12.4. The number of ether oxygens (including phenoxy) is 1. The minimum absolute atomic E-state index is 0.127. The summed E-state index contributed by atoms with van der Waals surface area (Å²) in [5.41, 5.74) is 9.80. The summed E-state index contributed by atoms with van der Waals surface area (Å²) >= 11 is 0. The zero-order valence-corrected chi connectivity index (χ0v) is 18.0. The Morgan fingerprint density at radius 3 is 2.52 bits per heavy atom. The molecule has 0 bridgehead atoms. The van der Waals surface area contributed by atoms with Crippen LogP contribution in [0, 0.1) is 0 Å². The van der Waals surface area contributed by atoms with Gasteiger partial charge >= 0.3 is 0 Å². The smallest absolute Gasteiger partial charge is 0.269 e. The van der Waals surface area contributed by atoms with Crippen LogP contribution in [0.5, 0.6) is 11.5 Å². The first-order chi connectivity index (χ1) is 16.0. The quantitative estimate of drug-likeness (QED) is 0.461. The fourth-order valence-corrected chi connectivity index (χ4v) is 4.21. The number of primary amides is 1. The number of nitrogens with zero attached hydrogens (tertiary/aromatic N) is 3. The molecule has 2 aromatic carbocycles. The highest BCUT2D eigenvalue weighted by molar-refractivity contribution is 5.98. The number of nitrogens with one attached hydrogen (secondary N) is 1. The number of benzene rings is 2. The SMILES string of the molecule is C=CC(=O)N1CCCc2nn3c(C(N)=O)c(-c4ccc(Oc5ccccc5)cc4)[nH]c3c2C1. The molecule has 0 spiro atoms. The van der Waals surface area contributed by atoms with Gasteiger partial charge in [-0.2, -0.15) is 5.10 Å². The van der Waals surface area contributed by atoms with Gasteiger partial charge in [0.05, 0.1) is 17.9 Å². The van der Waals surface area contributed by atoms with Crippen LogP contribution in [0.1, 0.15) is 28.2 Å². The molecule has 3 N–H and O–H groups in total. The largest absolute Gasteiger partial charge is 0.457 e. The minimum Gasteiger partial charge on any atom is -0.457 e. The number of hydrogen-bond donors (Lipinski definition) is 2. The van der Waals surface area contributed by atoms with Crippen LogP contribution in [0.3, 0.4) is 0 Å². The number of rotatable bonds is 5. The van der Waals surface area contributed by atoms with Gasteiger partial charge in [0.15, 0.2) is 5.69 Å². The van der Waals surface area contributed by atoms with Crippen LogP contribution in [0.15, 0.2) is 67.3 Å². The first-order valence-electron chi connectivity index (χ1n) is 10.7. The zero-order chi connectivity index (χ0) is 22.9. The van der Waals surface area contributed by atoms with E-state index in [0.717, 1.165) is 29.0 Å². The number of carbonyl (C=O) groups excluding carboxylic acids is 2. The monoisotopic (exact) mass is 441 g/mol. The lowest BCUT2D eigenvalue weighted by Gasteiger charge is -2.18. The van der Waals surface area contributed by atoms with Gasteiger partial charge in [0.2, 0.25) is 5.91 Å². The predicted molar refractivity (Wildman–Crippen MR) is 124 cm³/mol. The number of fused-ring (bicyclic) bond motifs is 3. The van der Waals surface area contributed by atoms with E-state index in [-0.39, 0.29) is 11.6 Å². The van der Waals surface area contributed by atoms with Gasteiger partial charge in [-0.15, -0.1) is 0 Å². The van der Waals surface area contributed by atoms with E-state index in [1.165, 1.54) is 6.08 Å². The number of imidazole rings is 1. The summed E-state index contributed by atoms with van der Waals surface area (Å²) in [6, 6.07) is 16.9. The fraction of sp³-hybridized carbons (Fsp3) is 0.160. The van der Waals surface area contributed by atoms with Gasteiger partial charge in [-0.1, -0.05) is 24.8 Å². The number of nitrogens with two attached hydrogens (primary N) is 1. The van der Waals surface area contributed by atoms with E-state index in [1.54, 1.807) is 9.42 Å². The van der Waals surface area contributed by atoms with Gasteiger partial charge in [0.1, 0.15) is 17.1 Å². The third kappa shape index (κ3) is 3.76. The normalized spacial score (nSPS) is 13.4. The van der Waals surface area contributed by atoms with Crippen molar-refractivity contribution in [2.24, 2.45) is 5.73 Å². The third-order valence-corrected chi connectivity index (χ3v) is 5.79. The second-order valence-corrected chi connectivity index (χ2v) is 7.91. The van der Waals surface area contributed by atoms with Crippen molar-refractivity contribution in [1.82, 2.24) is 19.5 Å². The standard InChI is InChI=1S/C25H23N5O3/c1-2-21(31)29-14-6-9-20-19(15-29)25-27-22(23(24(26)32)30(25)28-20)16-10-12-18(13-11-16)33-17-7-4-3-5-8-17/h2-5,7-8,10-13,27H,1,6,9,14-15H2,(H2,26,32). The van der Waals surface area contributed by atoms with Gasteiger partial charge in [-0.05, 0) is 55.3 Å². The number of hydrogen-bond acceptors (Lipinski definition) is 4. The molecule has 0 fully saturated rings. The first kappa shape index (κ1) is 20.6. The van der Waals surface area contributed by atoms with Crippen LogP contribution < -0.4 is 10.5 Å². The van der Waals surface area contributed by atoms with Gasteiger partial charge in [0.25, 0.3) is 5.91 Å². The summed E-state index contributed by atoms with van der Waals surface area (Å²) in [4.78, 5) is 29.7. The molecule has 0 saturated carbocycles. The Kier molecular flexibility index (Phi) is 5.18. The molecule has 0 aliphatic carbocycles. The summed E-state index contributed by atoms with van der Waals surface area (Å²) in [5, 5.41) is 4.67. The summed E-state index contributed by atoms with van der Waals surface area (Å²) in [6.07, 6.45) is 2.82. The average Bonchev–Trinajstić information content (AvgIpc) is 3.27. The zero-order valence-electron chi connectivity index (χ0n) is 18.0. The molecule has 2 amide bonds. The maximum absolute atomic E-state index is 12.4. The third-order valence-electron chi connectivity index (χ3n) is 5.79. The van der Waals surface area contributed by atoms with Crippen molar-refractivity contribution in [3.05, 3.63) is 84.2 Å². The van der Waals surface area contributed by atoms with E-state index < -0.39 is 5.91 Å². The fourth-order valence-electron chi connectivity index (χ4n) is 4.21. The number of amides is 2. The lowest BCUT2D eigenvalue weighted by Crippen LogP contribution is -2.28. The molecule has 0 atom stereocenters. The number of aromatic nitrogens is 3. The molecule has 8 nitrogen and oxygen atoms in total. The molecule has 0 radical (unpaired) electrons. The molecule has 2 aromatic heterocycles. The van der Waals surface area contributed by atoms with E-state index in [4.69, 9.17) is 10.5 Å². The Balaban J connectivity index is 1.53. The van der Waals surface area contributed by atoms with Crippen molar-refractivity contribution < 1.29 is 14.3 Å². The predicted octanol–water partition coefficient (Wildman–Crippen LogP) is 3.68. The molecule has 4 aromatic rings. The highest BCUT2D eigenvalue weighted by Gasteiger charge is 2.27. The topological polar surface area (TPSA) is 106 Å². The van der Waals surface area contributed by atoms with Crippen LogP contribution in [-0.4, -0.2) is 37.9 Å². The Morgan fingerprint density at radius 2 is 1.82 bits per heavy atom. The maximum Gasteiger partial charge on any atom is 0.269 e. The number of aryl methyl sites for hydroxylation is 1. The van der Waals surface area contributed by atoms with E-state index >= 15 is 0 Å². The molecule has 8 heteroatoms. The first-order valence-corrected chi connectivity index (χ1v) is 10.7. The van der Waals surface area contributed by atoms with Crippen molar-refractivity contribution >= 4 is 17.5 Å². The molecule has 0 unspecified atom stereocenters. The van der Waals surface area contributed by atoms with Crippen molar-refractivity contribution in [1.29, 1.82) is 0 Å². The van der Waals surface area contributed by atoms with Crippen LogP contribution in [-0.2, 0) is 17.8 Å². The van der Waals surface area contributed by atoms with E-state index in [0.29, 0.717) is 36.6 Å². The molecule has 33 heavy (non-hydrogen) atoms. The van der Waals surface area contributed by atoms with Gasteiger partial charge in [-0.3, -0.25) is 9.59 Å². The van der Waals surface area contributed by atoms with E-state index in [2.05, 4.69) is 16.7 Å². The van der Waals surface area contributed by atoms with Crippen LogP contribution in [0.25, 0.3) is 16.9 Å². The second-order valence-electron chi connectivity index (χ2n) is 7.91. The van der Waals surface area contributed by atoms with Crippen molar-refractivity contribution in [2.75, 3.05) is 6.54 Å². The summed E-state index contributed by atoms with van der Waals surface area (Å²) in [6.45, 7) is 4.62. The highest BCUT2D eigenvalue weighted by atomic mass is 16.5. The average molecular weight is 441 g/mol. The van der Waals surface area contributed by atoms with Crippen LogP contribution in [0.2, 0.25) is 0 Å². The molecule has 3 heterocycles. The number of para-hydroxylation sites is 1. The van der Waals surface area contributed by atoms with Gasteiger partial charge in [0, 0.05) is 17.7 Å². The van der Waals surface area contributed by atoms with E-state index in [9.17, 15) is 9.59 Å². The van der Waals surface area contributed by atoms with Crippen LogP contribution >= 0.6 is 0 Å². The van der Waals surface area contributed by atoms with Crippen molar-refractivity contribution in [3.63, 3.8) is 0 Å². The van der Waals surface area contributed by atoms with Crippen LogP contribution in [0.4, 0.5) is 0 Å². The Labute approximate surface area is 190 Å². The minimum atomic E-state index is -0.586.